The van der Waals surface area contributed by atoms with E-state index < -0.39 is 0 Å². The molecule has 1 aromatic heterocycles. The van der Waals surface area contributed by atoms with Gasteiger partial charge in [-0.25, -0.2) is 0 Å². The molecule has 0 bridgehead atoms. The molecule has 0 saturated heterocycles. The van der Waals surface area contributed by atoms with Crippen molar-refractivity contribution < 1.29 is 4.42 Å². The van der Waals surface area contributed by atoms with E-state index in [4.69, 9.17) is 21.8 Å². The summed E-state index contributed by atoms with van der Waals surface area (Å²) in [5.41, 5.74) is 6.34. The quantitative estimate of drug-likeness (QED) is 0.681. The molecule has 0 spiro atoms. The highest BCUT2D eigenvalue weighted by atomic mass is 35.5. The SMILES string of the molecule is Cc1oc(CN)c(C)c1Cl. The fourth-order valence-electron chi connectivity index (χ4n) is 0.887. The maximum atomic E-state index is 5.83. The molecular formula is C7H10ClNO. The predicted octanol–water partition coefficient (Wildman–Crippen LogP) is 2.01. The number of nitrogens with two attached hydrogens (primary N) is 1. The van der Waals surface area contributed by atoms with E-state index in [2.05, 4.69) is 0 Å². The van der Waals surface area contributed by atoms with Gasteiger partial charge >= 0.3 is 0 Å². The number of rotatable bonds is 1. The Morgan fingerprint density at radius 3 is 2.30 bits per heavy atom. The lowest BCUT2D eigenvalue weighted by Gasteiger charge is -1.88. The summed E-state index contributed by atoms with van der Waals surface area (Å²) in [6.07, 6.45) is 0. The molecule has 2 nitrogen and oxygen atoms in total. The zero-order valence-corrected chi connectivity index (χ0v) is 6.83. The molecule has 1 heterocycles. The van der Waals surface area contributed by atoms with Gasteiger partial charge in [0, 0.05) is 5.56 Å². The number of aryl methyl sites for hydroxylation is 1. The van der Waals surface area contributed by atoms with E-state index in [1.165, 1.54) is 0 Å². The van der Waals surface area contributed by atoms with Gasteiger partial charge in [0.05, 0.1) is 11.6 Å². The Hall–Kier alpha value is -0.470. The Bertz CT molecular complexity index is 242. The second-order valence-corrected chi connectivity index (χ2v) is 2.60. The van der Waals surface area contributed by atoms with E-state index in [0.29, 0.717) is 11.6 Å². The largest absolute Gasteiger partial charge is 0.463 e. The molecule has 0 unspecified atom stereocenters. The first kappa shape index (κ1) is 7.63. The monoisotopic (exact) mass is 159 g/mol. The average Bonchev–Trinajstić information content (AvgIpc) is 2.17. The van der Waals surface area contributed by atoms with Crippen LogP contribution in [-0.4, -0.2) is 0 Å². The Morgan fingerprint density at radius 2 is 2.10 bits per heavy atom. The smallest absolute Gasteiger partial charge is 0.122 e. The summed E-state index contributed by atoms with van der Waals surface area (Å²) < 4.78 is 5.24. The van der Waals surface area contributed by atoms with Crippen LogP contribution in [-0.2, 0) is 6.54 Å². The normalized spacial score (nSPS) is 10.4. The van der Waals surface area contributed by atoms with E-state index in [1.54, 1.807) is 0 Å². The topological polar surface area (TPSA) is 39.2 Å². The Kier molecular flexibility index (Phi) is 2.02. The van der Waals surface area contributed by atoms with Crippen LogP contribution in [0.3, 0.4) is 0 Å². The standard InChI is InChI=1S/C7H10ClNO/c1-4-6(3-9)10-5(2)7(4)8/h3,9H2,1-2H3. The molecule has 1 rings (SSSR count). The van der Waals surface area contributed by atoms with Crippen LogP contribution in [0, 0.1) is 13.8 Å². The highest BCUT2D eigenvalue weighted by Crippen LogP contribution is 2.25. The van der Waals surface area contributed by atoms with Crippen molar-refractivity contribution in [2.75, 3.05) is 0 Å². The third-order valence-electron chi connectivity index (χ3n) is 1.52. The molecule has 0 aromatic carbocycles. The second-order valence-electron chi connectivity index (χ2n) is 2.22. The van der Waals surface area contributed by atoms with E-state index >= 15 is 0 Å². The molecule has 0 fully saturated rings. The van der Waals surface area contributed by atoms with Gasteiger partial charge in [-0.2, -0.15) is 0 Å². The summed E-state index contributed by atoms with van der Waals surface area (Å²) in [4.78, 5) is 0. The first-order valence-corrected chi connectivity index (χ1v) is 3.49. The van der Waals surface area contributed by atoms with Crippen LogP contribution >= 0.6 is 11.6 Å². The summed E-state index contributed by atoms with van der Waals surface area (Å²) in [6, 6.07) is 0. The summed E-state index contributed by atoms with van der Waals surface area (Å²) in [5.74, 6) is 1.53. The van der Waals surface area contributed by atoms with Gasteiger partial charge in [0.1, 0.15) is 11.5 Å². The number of furan rings is 1. The minimum atomic E-state index is 0.416. The van der Waals surface area contributed by atoms with Gasteiger partial charge < -0.3 is 10.2 Å². The van der Waals surface area contributed by atoms with Crippen LogP contribution in [0.25, 0.3) is 0 Å². The van der Waals surface area contributed by atoms with Crippen LogP contribution in [0.4, 0.5) is 0 Å². The van der Waals surface area contributed by atoms with Crippen molar-refractivity contribution >= 4 is 11.6 Å². The maximum Gasteiger partial charge on any atom is 0.122 e. The Balaban J connectivity index is 3.17. The molecule has 0 aliphatic carbocycles. The van der Waals surface area contributed by atoms with Gasteiger partial charge in [-0.1, -0.05) is 11.6 Å². The van der Waals surface area contributed by atoms with Crippen molar-refractivity contribution in [1.82, 2.24) is 0 Å². The van der Waals surface area contributed by atoms with Crippen LogP contribution in [0.1, 0.15) is 17.1 Å². The Labute approximate surface area is 65.0 Å². The van der Waals surface area contributed by atoms with Crippen LogP contribution < -0.4 is 5.73 Å². The lowest BCUT2D eigenvalue weighted by Crippen LogP contribution is -1.95. The van der Waals surface area contributed by atoms with Gasteiger partial charge in [0.2, 0.25) is 0 Å². The molecule has 0 atom stereocenters. The first-order chi connectivity index (χ1) is 4.66. The van der Waals surface area contributed by atoms with Gasteiger partial charge in [-0.3, -0.25) is 0 Å². The molecule has 56 valence electrons. The molecule has 0 aliphatic heterocycles. The molecule has 2 N–H and O–H groups in total. The average molecular weight is 160 g/mol. The van der Waals surface area contributed by atoms with Crippen LogP contribution in [0.5, 0.6) is 0 Å². The van der Waals surface area contributed by atoms with Crippen LogP contribution in [0.2, 0.25) is 5.02 Å². The lowest BCUT2D eigenvalue weighted by atomic mass is 10.3. The first-order valence-electron chi connectivity index (χ1n) is 3.11. The number of hydrogen-bond acceptors (Lipinski definition) is 2. The molecule has 3 heteroatoms. The fraction of sp³-hybridized carbons (Fsp3) is 0.429. The maximum absolute atomic E-state index is 5.83. The zero-order chi connectivity index (χ0) is 7.72. The summed E-state index contributed by atoms with van der Waals surface area (Å²) >= 11 is 5.83. The van der Waals surface area contributed by atoms with Crippen molar-refractivity contribution in [3.05, 3.63) is 22.1 Å². The van der Waals surface area contributed by atoms with Gasteiger partial charge in [-0.05, 0) is 13.8 Å². The van der Waals surface area contributed by atoms with E-state index in [-0.39, 0.29) is 0 Å². The lowest BCUT2D eigenvalue weighted by molar-refractivity contribution is 0.483. The molecule has 0 aliphatic rings. The van der Waals surface area contributed by atoms with E-state index in [9.17, 15) is 0 Å². The number of halogens is 1. The second kappa shape index (κ2) is 2.64. The Morgan fingerprint density at radius 1 is 1.50 bits per heavy atom. The third-order valence-corrected chi connectivity index (χ3v) is 2.07. The highest BCUT2D eigenvalue weighted by molar-refractivity contribution is 6.32. The molecule has 0 radical (unpaired) electrons. The molecule has 0 amide bonds. The van der Waals surface area contributed by atoms with E-state index in [1.807, 2.05) is 13.8 Å². The van der Waals surface area contributed by atoms with Crippen molar-refractivity contribution in [3.63, 3.8) is 0 Å². The van der Waals surface area contributed by atoms with E-state index in [0.717, 1.165) is 17.1 Å². The minimum Gasteiger partial charge on any atom is -0.463 e. The van der Waals surface area contributed by atoms with Gasteiger partial charge in [0.15, 0.2) is 0 Å². The zero-order valence-electron chi connectivity index (χ0n) is 6.07. The van der Waals surface area contributed by atoms with Crippen molar-refractivity contribution in [2.45, 2.75) is 20.4 Å². The highest BCUT2D eigenvalue weighted by Gasteiger charge is 2.09. The third kappa shape index (κ3) is 1.04. The summed E-state index contributed by atoms with van der Waals surface area (Å²) in [5, 5.41) is 0.695. The predicted molar refractivity (Wildman–Crippen MR) is 41.1 cm³/mol. The van der Waals surface area contributed by atoms with Crippen molar-refractivity contribution in [2.24, 2.45) is 5.73 Å². The molecule has 0 saturated carbocycles. The summed E-state index contributed by atoms with van der Waals surface area (Å²) in [7, 11) is 0. The van der Waals surface area contributed by atoms with Crippen LogP contribution in [0.15, 0.2) is 4.42 Å². The molecular weight excluding hydrogens is 150 g/mol. The fourth-order valence-corrected chi connectivity index (χ4v) is 1.03. The molecule has 10 heavy (non-hydrogen) atoms. The van der Waals surface area contributed by atoms with Gasteiger partial charge in [0.25, 0.3) is 0 Å². The molecule has 1 aromatic rings. The van der Waals surface area contributed by atoms with Crippen molar-refractivity contribution in [1.29, 1.82) is 0 Å². The van der Waals surface area contributed by atoms with Gasteiger partial charge in [-0.15, -0.1) is 0 Å². The number of hydrogen-bond donors (Lipinski definition) is 1. The summed E-state index contributed by atoms with van der Waals surface area (Å²) in [6.45, 7) is 4.15. The van der Waals surface area contributed by atoms with Crippen molar-refractivity contribution in [3.8, 4) is 0 Å². The minimum absolute atomic E-state index is 0.416.